The lowest BCUT2D eigenvalue weighted by molar-refractivity contribution is -0.134. The Morgan fingerprint density at radius 2 is 1.96 bits per heavy atom. The molecule has 24 heavy (non-hydrogen) atoms. The Kier molecular flexibility index (Phi) is 5.28. The second kappa shape index (κ2) is 7.42. The molecule has 3 aromatic rings. The number of nitrogens with zero attached hydrogens (tertiary/aromatic N) is 1. The molecule has 2 aromatic heterocycles. The molecule has 0 N–H and O–H groups in total. The van der Waals surface area contributed by atoms with Crippen molar-refractivity contribution in [1.82, 2.24) is 4.98 Å². The largest absolute Gasteiger partial charge is 0.406 e. The molecule has 0 spiro atoms. The lowest BCUT2D eigenvalue weighted by Crippen LogP contribution is -2.07. The van der Waals surface area contributed by atoms with Crippen molar-refractivity contribution in [2.24, 2.45) is 0 Å². The number of hydrogen-bond donors (Lipinski definition) is 0. The van der Waals surface area contributed by atoms with E-state index in [-0.39, 0.29) is 17.7 Å². The van der Waals surface area contributed by atoms with Gasteiger partial charge in [-0.05, 0) is 42.8 Å². The van der Waals surface area contributed by atoms with Gasteiger partial charge in [-0.2, -0.15) is 0 Å². The van der Waals surface area contributed by atoms with Crippen LogP contribution < -0.4 is 4.74 Å². The van der Waals surface area contributed by atoms with Gasteiger partial charge >= 0.3 is 5.97 Å². The second-order valence-corrected chi connectivity index (χ2v) is 7.70. The predicted molar refractivity (Wildman–Crippen MR) is 96.4 cm³/mol. The third kappa shape index (κ3) is 3.83. The molecular weight excluding hydrogens is 369 g/mol. The molecule has 3 rings (SSSR count). The molecule has 3 nitrogen and oxygen atoms in total. The molecule has 0 amide bonds. The minimum absolute atomic E-state index is 0.274. The van der Waals surface area contributed by atoms with E-state index in [0.29, 0.717) is 22.2 Å². The summed E-state index contributed by atoms with van der Waals surface area (Å²) in [5, 5.41) is 0.661. The van der Waals surface area contributed by atoms with Crippen LogP contribution in [0.2, 0.25) is 4.34 Å². The van der Waals surface area contributed by atoms with E-state index in [0.717, 1.165) is 15.3 Å². The fraction of sp³-hybridized carbons (Fsp3) is 0.176. The van der Waals surface area contributed by atoms with Gasteiger partial charge in [-0.25, -0.2) is 9.37 Å². The Labute approximate surface area is 151 Å². The van der Waals surface area contributed by atoms with Gasteiger partial charge in [0.1, 0.15) is 15.7 Å². The topological polar surface area (TPSA) is 39.2 Å². The van der Waals surface area contributed by atoms with E-state index in [4.69, 9.17) is 16.3 Å². The van der Waals surface area contributed by atoms with Gasteiger partial charge in [0, 0.05) is 12.0 Å². The molecular formula is C17H13ClFNO2S2. The van der Waals surface area contributed by atoms with Gasteiger partial charge in [0.05, 0.1) is 9.21 Å². The molecule has 7 heteroatoms. The minimum Gasteiger partial charge on any atom is -0.406 e. The van der Waals surface area contributed by atoms with E-state index in [1.807, 2.05) is 13.0 Å². The summed E-state index contributed by atoms with van der Waals surface area (Å²) < 4.78 is 19.2. The highest BCUT2D eigenvalue weighted by molar-refractivity contribution is 7.25. The smallest absolute Gasteiger partial charge is 0.312 e. The SMILES string of the molecule is CCCC(=O)Oc1nc(-c2ccc(F)cc2)sc1-c1ccc(Cl)s1. The molecule has 0 saturated carbocycles. The van der Waals surface area contributed by atoms with Crippen molar-refractivity contribution in [2.45, 2.75) is 19.8 Å². The van der Waals surface area contributed by atoms with Crippen LogP contribution in [0.3, 0.4) is 0 Å². The van der Waals surface area contributed by atoms with Crippen LogP contribution in [-0.4, -0.2) is 11.0 Å². The van der Waals surface area contributed by atoms with Crippen LogP contribution in [-0.2, 0) is 4.79 Å². The average molecular weight is 382 g/mol. The van der Waals surface area contributed by atoms with Crippen LogP contribution in [0, 0.1) is 5.82 Å². The number of carbonyl (C=O) groups is 1. The van der Waals surface area contributed by atoms with Crippen LogP contribution in [0.1, 0.15) is 19.8 Å². The number of ether oxygens (including phenoxy) is 1. The Bertz CT molecular complexity index is 858. The van der Waals surface area contributed by atoms with Crippen molar-refractivity contribution in [1.29, 1.82) is 0 Å². The van der Waals surface area contributed by atoms with E-state index in [2.05, 4.69) is 4.98 Å². The maximum Gasteiger partial charge on any atom is 0.312 e. The lowest BCUT2D eigenvalue weighted by Gasteiger charge is -2.01. The van der Waals surface area contributed by atoms with E-state index in [1.54, 1.807) is 18.2 Å². The fourth-order valence-corrected chi connectivity index (χ4v) is 4.19. The predicted octanol–water partition coefficient (Wildman–Crippen LogP) is 6.04. The van der Waals surface area contributed by atoms with Crippen LogP contribution in [0.25, 0.3) is 20.3 Å². The minimum atomic E-state index is -0.322. The van der Waals surface area contributed by atoms with Gasteiger partial charge < -0.3 is 4.74 Å². The molecule has 0 radical (unpaired) electrons. The summed E-state index contributed by atoms with van der Waals surface area (Å²) in [7, 11) is 0. The summed E-state index contributed by atoms with van der Waals surface area (Å²) in [6.45, 7) is 1.91. The highest BCUT2D eigenvalue weighted by Gasteiger charge is 2.19. The summed E-state index contributed by atoms with van der Waals surface area (Å²) in [5.74, 6) is -0.358. The lowest BCUT2D eigenvalue weighted by atomic mass is 10.2. The molecule has 0 saturated heterocycles. The van der Waals surface area contributed by atoms with Crippen LogP contribution in [0.15, 0.2) is 36.4 Å². The molecule has 0 bridgehead atoms. The average Bonchev–Trinajstić information content (AvgIpc) is 3.14. The maximum absolute atomic E-state index is 13.1. The standard InChI is InChI=1S/C17H13ClFNO2S2/c1-2-3-14(21)22-16-15(12-8-9-13(18)23-12)24-17(20-16)10-4-6-11(19)7-5-10/h4-9H,2-3H2,1H3. The second-order valence-electron chi connectivity index (χ2n) is 4.99. The summed E-state index contributed by atoms with van der Waals surface area (Å²) in [6, 6.07) is 9.71. The Morgan fingerprint density at radius 3 is 2.58 bits per heavy atom. The zero-order chi connectivity index (χ0) is 17.1. The van der Waals surface area contributed by atoms with E-state index in [9.17, 15) is 9.18 Å². The number of rotatable bonds is 5. The summed E-state index contributed by atoms with van der Waals surface area (Å²) >= 11 is 8.79. The van der Waals surface area contributed by atoms with Crippen molar-refractivity contribution >= 4 is 40.2 Å². The summed E-state index contributed by atoms with van der Waals surface area (Å²) in [4.78, 5) is 17.9. The molecule has 0 unspecified atom stereocenters. The maximum atomic E-state index is 13.1. The molecule has 1 aromatic carbocycles. The number of benzene rings is 1. The fourth-order valence-electron chi connectivity index (χ4n) is 2.05. The normalized spacial score (nSPS) is 10.8. The van der Waals surface area contributed by atoms with E-state index < -0.39 is 0 Å². The molecule has 2 heterocycles. The van der Waals surface area contributed by atoms with Crippen LogP contribution in [0.4, 0.5) is 4.39 Å². The van der Waals surface area contributed by atoms with Crippen molar-refractivity contribution in [2.75, 3.05) is 0 Å². The molecule has 0 aliphatic rings. The third-order valence-corrected chi connectivity index (χ3v) is 5.65. The van der Waals surface area contributed by atoms with Gasteiger partial charge in [-0.15, -0.1) is 22.7 Å². The first kappa shape index (κ1) is 17.1. The van der Waals surface area contributed by atoms with Gasteiger partial charge in [0.2, 0.25) is 5.88 Å². The molecule has 124 valence electrons. The monoisotopic (exact) mass is 381 g/mol. The van der Waals surface area contributed by atoms with E-state index >= 15 is 0 Å². The van der Waals surface area contributed by atoms with Crippen LogP contribution in [0.5, 0.6) is 5.88 Å². The first-order chi connectivity index (χ1) is 11.6. The Balaban J connectivity index is 2.01. The number of aromatic nitrogens is 1. The zero-order valence-corrected chi connectivity index (χ0v) is 15.1. The highest BCUT2D eigenvalue weighted by atomic mass is 35.5. The van der Waals surface area contributed by atoms with Crippen molar-refractivity contribution in [3.8, 4) is 26.2 Å². The first-order valence-electron chi connectivity index (χ1n) is 7.30. The van der Waals surface area contributed by atoms with Crippen molar-refractivity contribution in [3.63, 3.8) is 0 Å². The van der Waals surface area contributed by atoms with Gasteiger partial charge in [-0.3, -0.25) is 4.79 Å². The van der Waals surface area contributed by atoms with E-state index in [1.165, 1.54) is 34.8 Å². The molecule has 0 atom stereocenters. The van der Waals surface area contributed by atoms with Gasteiger partial charge in [0.25, 0.3) is 0 Å². The van der Waals surface area contributed by atoms with Crippen molar-refractivity contribution in [3.05, 3.63) is 46.6 Å². The van der Waals surface area contributed by atoms with Crippen LogP contribution >= 0.6 is 34.3 Å². The van der Waals surface area contributed by atoms with Crippen molar-refractivity contribution < 1.29 is 13.9 Å². The first-order valence-corrected chi connectivity index (χ1v) is 9.31. The molecule has 0 aliphatic carbocycles. The molecule has 0 aliphatic heterocycles. The van der Waals surface area contributed by atoms with Gasteiger partial charge in [0.15, 0.2) is 0 Å². The number of hydrogen-bond acceptors (Lipinski definition) is 5. The quantitative estimate of drug-likeness (QED) is 0.506. The molecule has 0 fully saturated rings. The summed E-state index contributed by atoms with van der Waals surface area (Å²) in [6.07, 6.45) is 1.03. The highest BCUT2D eigenvalue weighted by Crippen LogP contribution is 2.43. The number of thiophene rings is 1. The number of carbonyl (C=O) groups excluding carboxylic acids is 1. The number of halogens is 2. The zero-order valence-electron chi connectivity index (χ0n) is 12.7. The summed E-state index contributed by atoms with van der Waals surface area (Å²) in [5.41, 5.74) is 0.767. The third-order valence-electron chi connectivity index (χ3n) is 3.15. The Hall–Kier alpha value is -1.76. The van der Waals surface area contributed by atoms with Gasteiger partial charge in [-0.1, -0.05) is 18.5 Å². The Morgan fingerprint density at radius 1 is 1.21 bits per heavy atom. The number of thiazole rings is 1. The number of esters is 1.